The number of carbonyl (C=O) groups excluding carboxylic acids is 2. The molecular weight excluding hydrogens is 711 g/mol. The largest absolute Gasteiger partial charge is 0.481 e. The van der Waals surface area contributed by atoms with Gasteiger partial charge in [0.1, 0.15) is 0 Å². The van der Waals surface area contributed by atoms with E-state index in [0.717, 1.165) is 18.4 Å². The molecule has 2 saturated heterocycles. The van der Waals surface area contributed by atoms with Gasteiger partial charge < -0.3 is 20.7 Å². The van der Waals surface area contributed by atoms with E-state index in [4.69, 9.17) is 32.9 Å². The van der Waals surface area contributed by atoms with Crippen LogP contribution in [0.25, 0.3) is 33.6 Å². The number of carbonyl (C=O) groups is 2. The molecule has 4 aromatic rings. The van der Waals surface area contributed by atoms with Gasteiger partial charge in [-0.3, -0.25) is 19.5 Å². The number of nitrogens with zero attached hydrogens (tertiary/aromatic N) is 3. The molecule has 51 heavy (non-hydrogen) atoms. The van der Waals surface area contributed by atoms with Crippen LogP contribution in [-0.4, -0.2) is 79.7 Å². The van der Waals surface area contributed by atoms with Gasteiger partial charge in [0.15, 0.2) is 9.84 Å². The van der Waals surface area contributed by atoms with Crippen LogP contribution in [0.3, 0.4) is 0 Å². The predicted molar refractivity (Wildman–Crippen MR) is 196 cm³/mol. The van der Waals surface area contributed by atoms with Crippen molar-refractivity contribution in [1.29, 1.82) is 0 Å². The van der Waals surface area contributed by atoms with Crippen LogP contribution >= 0.6 is 23.2 Å². The molecule has 5 heterocycles. The minimum atomic E-state index is -3.58. The number of hydrogen-bond acceptors (Lipinski definition) is 9. The van der Waals surface area contributed by atoms with Crippen LogP contribution in [0.15, 0.2) is 65.7 Å². The smallest absolute Gasteiger partial charge is 0.220 e. The van der Waals surface area contributed by atoms with Gasteiger partial charge in [0, 0.05) is 91.7 Å². The van der Waals surface area contributed by atoms with Crippen molar-refractivity contribution in [3.05, 3.63) is 82.0 Å². The van der Waals surface area contributed by atoms with Crippen molar-refractivity contribution in [1.82, 2.24) is 30.8 Å². The average molecular weight is 750 g/mol. The second-order valence-corrected chi connectivity index (χ2v) is 16.0. The molecule has 2 aromatic carbocycles. The van der Waals surface area contributed by atoms with Gasteiger partial charge in [-0.2, -0.15) is 0 Å². The van der Waals surface area contributed by atoms with Crippen molar-refractivity contribution >= 4 is 44.9 Å². The van der Waals surface area contributed by atoms with Crippen molar-refractivity contribution in [3.8, 4) is 39.5 Å². The lowest BCUT2D eigenvalue weighted by molar-refractivity contribution is -0.120. The number of ether oxygens (including phenoxy) is 1. The molecule has 2 amide bonds. The minimum absolute atomic E-state index is 0.0235. The fourth-order valence-corrected chi connectivity index (χ4v) is 9.22. The topological polar surface area (TPSA) is 143 Å². The number of fused-ring (bicyclic) bond motifs is 1. The maximum atomic E-state index is 13.5. The zero-order chi connectivity index (χ0) is 35.7. The Morgan fingerprint density at radius 3 is 2.43 bits per heavy atom. The van der Waals surface area contributed by atoms with E-state index < -0.39 is 9.84 Å². The molecule has 7 rings (SSSR count). The van der Waals surface area contributed by atoms with Crippen molar-refractivity contribution in [2.75, 3.05) is 32.5 Å². The predicted octanol–water partition coefficient (Wildman–Crippen LogP) is 5.03. The molecular formula is C37H38Cl2N6O5S. The molecule has 3 N–H and O–H groups in total. The van der Waals surface area contributed by atoms with Gasteiger partial charge in [-0.1, -0.05) is 59.6 Å². The maximum Gasteiger partial charge on any atom is 0.220 e. The molecule has 2 aromatic heterocycles. The van der Waals surface area contributed by atoms with Crippen molar-refractivity contribution in [3.63, 3.8) is 0 Å². The summed E-state index contributed by atoms with van der Waals surface area (Å²) in [7, 11) is -2.01. The number of benzene rings is 2. The van der Waals surface area contributed by atoms with E-state index in [1.165, 1.54) is 0 Å². The van der Waals surface area contributed by atoms with Gasteiger partial charge in [-0.15, -0.1) is 0 Å². The second kappa shape index (κ2) is 14.9. The van der Waals surface area contributed by atoms with Crippen LogP contribution in [0.1, 0.15) is 36.8 Å². The summed E-state index contributed by atoms with van der Waals surface area (Å²) in [5.74, 6) is 0.562. The van der Waals surface area contributed by atoms with E-state index in [-0.39, 0.29) is 34.5 Å². The Balaban J connectivity index is 1.14. The highest BCUT2D eigenvalue weighted by molar-refractivity contribution is 7.91. The van der Waals surface area contributed by atoms with Crippen LogP contribution in [0.4, 0.5) is 0 Å². The first-order valence-electron chi connectivity index (χ1n) is 16.9. The Morgan fingerprint density at radius 1 is 0.941 bits per heavy atom. The first kappa shape index (κ1) is 35.3. The molecule has 11 nitrogen and oxygen atoms in total. The summed E-state index contributed by atoms with van der Waals surface area (Å²) >= 11 is 14.1. The highest BCUT2D eigenvalue weighted by Crippen LogP contribution is 2.42. The Labute approximate surface area is 307 Å². The lowest BCUT2D eigenvalue weighted by Crippen LogP contribution is -2.39. The number of nitrogens with one attached hydrogen (secondary N) is 3. The third-order valence-corrected chi connectivity index (χ3v) is 12.2. The summed E-state index contributed by atoms with van der Waals surface area (Å²) in [6, 6.07) is 16.7. The number of halogens is 2. The van der Waals surface area contributed by atoms with Gasteiger partial charge in [0.2, 0.25) is 17.7 Å². The number of sulfone groups is 1. The first-order valence-corrected chi connectivity index (χ1v) is 19.4. The van der Waals surface area contributed by atoms with Gasteiger partial charge >= 0.3 is 0 Å². The van der Waals surface area contributed by atoms with Gasteiger partial charge in [-0.25, -0.2) is 13.4 Å². The minimum Gasteiger partial charge on any atom is -0.481 e. The van der Waals surface area contributed by atoms with Crippen LogP contribution in [0.5, 0.6) is 5.88 Å². The fraction of sp³-hybridized carbons (Fsp3) is 0.351. The van der Waals surface area contributed by atoms with Gasteiger partial charge in [-0.05, 0) is 36.6 Å². The van der Waals surface area contributed by atoms with E-state index in [1.807, 2.05) is 42.5 Å². The number of pyridine rings is 2. The highest BCUT2D eigenvalue weighted by atomic mass is 35.5. The van der Waals surface area contributed by atoms with Crippen LogP contribution in [0.2, 0.25) is 10.0 Å². The first-order chi connectivity index (χ1) is 24.6. The highest BCUT2D eigenvalue weighted by Gasteiger charge is 2.30. The number of rotatable bonds is 10. The van der Waals surface area contributed by atoms with Crippen molar-refractivity contribution in [2.45, 2.75) is 55.8 Å². The molecule has 14 heteroatoms. The van der Waals surface area contributed by atoms with Gasteiger partial charge in [0.05, 0.1) is 39.2 Å². The van der Waals surface area contributed by atoms with E-state index in [0.29, 0.717) is 101 Å². The molecule has 0 aliphatic carbocycles. The molecule has 0 unspecified atom stereocenters. The number of methoxy groups -OCH3 is 1. The van der Waals surface area contributed by atoms with Crippen molar-refractivity contribution in [2.24, 2.45) is 0 Å². The van der Waals surface area contributed by atoms with Crippen LogP contribution in [0, 0.1) is 0 Å². The van der Waals surface area contributed by atoms with Crippen LogP contribution < -0.4 is 20.7 Å². The molecule has 3 aliphatic heterocycles. The second-order valence-electron chi connectivity index (χ2n) is 13.2. The lowest BCUT2D eigenvalue weighted by atomic mass is 9.99. The van der Waals surface area contributed by atoms with E-state index >= 15 is 0 Å². The molecule has 2 atom stereocenters. The molecule has 3 aliphatic rings. The molecule has 0 saturated carbocycles. The van der Waals surface area contributed by atoms with Crippen LogP contribution in [-0.2, 0) is 32.5 Å². The van der Waals surface area contributed by atoms with E-state index in [2.05, 4.69) is 25.8 Å². The van der Waals surface area contributed by atoms with Crippen molar-refractivity contribution < 1.29 is 22.7 Å². The monoisotopic (exact) mass is 748 g/mol. The van der Waals surface area contributed by atoms with E-state index in [1.54, 1.807) is 25.4 Å². The quantitative estimate of drug-likeness (QED) is 0.204. The Morgan fingerprint density at radius 2 is 1.69 bits per heavy atom. The molecule has 2 fully saturated rings. The van der Waals surface area contributed by atoms with Gasteiger partial charge in [0.25, 0.3) is 0 Å². The molecule has 0 spiro atoms. The zero-order valence-electron chi connectivity index (χ0n) is 28.0. The summed E-state index contributed by atoms with van der Waals surface area (Å²) in [4.78, 5) is 34.9. The summed E-state index contributed by atoms with van der Waals surface area (Å²) in [6.07, 6.45) is 4.26. The van der Waals surface area contributed by atoms with E-state index in [9.17, 15) is 18.0 Å². The number of hydrogen-bond donors (Lipinski definition) is 3. The summed E-state index contributed by atoms with van der Waals surface area (Å²) < 4.78 is 32.6. The standard InChI is InChI=1S/C37H38Cl2N6O5S/c1-50-37-23(18-40-19-25-8-11-32(46)42-25)7-10-30(44-37)29-4-2-3-27(34(29)38)28-13-14-41-36(35(28)39)22-5-6-24-20-45(21-26-9-12-33(47)43-26)15-16-51(48,49)31(24)17-22/h2-7,10,13-14,17,25-26,40H,8-9,11-12,15-16,18-21H2,1H3,(H,42,46)(H,43,47)/t25-,26+/m1/s1. The SMILES string of the molecule is COc1nc(-c2cccc(-c3ccnc(-c4ccc5c(c4)S(=O)(=O)CCN(C[C@@H]4CCC(=O)N4)C5)c3Cl)c2Cl)ccc1CNC[C@H]1CCC(=O)N1. The zero-order valence-corrected chi connectivity index (χ0v) is 30.4. The summed E-state index contributed by atoms with van der Waals surface area (Å²) in [5.41, 5.74) is 5.22. The maximum absolute atomic E-state index is 13.5. The normalized spacial score (nSPS) is 20.1. The molecule has 0 bridgehead atoms. The Bertz CT molecular complexity index is 2110. The Kier molecular flexibility index (Phi) is 10.3. The summed E-state index contributed by atoms with van der Waals surface area (Å²) in [6.45, 7) is 2.62. The molecule has 0 radical (unpaired) electrons. The third-order valence-electron chi connectivity index (χ3n) is 9.69. The Hall–Kier alpha value is -4.07. The summed E-state index contributed by atoms with van der Waals surface area (Å²) in [5, 5.41) is 10.1. The number of aromatic nitrogens is 2. The number of amides is 2. The average Bonchev–Trinajstić information content (AvgIpc) is 3.71. The third kappa shape index (κ3) is 7.61. The molecule has 266 valence electrons. The lowest BCUT2D eigenvalue weighted by Gasteiger charge is -2.23. The fourth-order valence-electron chi connectivity index (χ4n) is 7.02.